The van der Waals surface area contributed by atoms with Gasteiger partial charge >= 0.3 is 11.9 Å². The van der Waals surface area contributed by atoms with Gasteiger partial charge in [0.2, 0.25) is 5.91 Å². The topological polar surface area (TPSA) is 126 Å². The number of methoxy groups -OCH3 is 2. The highest BCUT2D eigenvalue weighted by molar-refractivity contribution is 6.03. The van der Waals surface area contributed by atoms with E-state index < -0.39 is 23.4 Å². The van der Waals surface area contributed by atoms with Gasteiger partial charge in [-0.05, 0) is 49.4 Å². The second kappa shape index (κ2) is 10.9. The van der Waals surface area contributed by atoms with Crippen molar-refractivity contribution >= 4 is 23.5 Å². The minimum Gasteiger partial charge on any atom is -0.494 e. The third kappa shape index (κ3) is 5.66. The summed E-state index contributed by atoms with van der Waals surface area (Å²) in [6.07, 6.45) is 1.26. The van der Waals surface area contributed by atoms with Crippen molar-refractivity contribution in [2.24, 2.45) is 0 Å². The average molecular weight is 465 g/mol. The van der Waals surface area contributed by atoms with Crippen LogP contribution in [0.3, 0.4) is 0 Å². The number of amides is 1. The molecule has 0 saturated carbocycles. The number of nitrogens with zero attached hydrogens (tertiary/aromatic N) is 2. The third-order valence-corrected chi connectivity index (χ3v) is 4.77. The first-order valence-corrected chi connectivity index (χ1v) is 10.3. The Kier molecular flexibility index (Phi) is 7.75. The molecule has 10 nitrogen and oxygen atoms in total. The monoisotopic (exact) mass is 465 g/mol. The van der Waals surface area contributed by atoms with Crippen molar-refractivity contribution in [2.75, 3.05) is 26.1 Å². The maximum absolute atomic E-state index is 12.6. The van der Waals surface area contributed by atoms with Gasteiger partial charge in [0.1, 0.15) is 12.3 Å². The van der Waals surface area contributed by atoms with Crippen LogP contribution in [0.25, 0.3) is 11.3 Å². The fraction of sp³-hybridized carbons (Fsp3) is 0.208. The van der Waals surface area contributed by atoms with E-state index in [9.17, 15) is 19.2 Å². The molecule has 0 atom stereocenters. The molecule has 1 N–H and O–H groups in total. The second-order valence-corrected chi connectivity index (χ2v) is 6.99. The number of aromatic nitrogens is 2. The molecule has 176 valence electrons. The Hall–Kier alpha value is -4.47. The first kappa shape index (κ1) is 24.2. The number of rotatable bonds is 8. The molecule has 10 heteroatoms. The summed E-state index contributed by atoms with van der Waals surface area (Å²) in [5.74, 6) is -1.24. The molecule has 0 aliphatic heterocycles. The lowest BCUT2D eigenvalue weighted by molar-refractivity contribution is -0.116. The molecule has 0 aliphatic rings. The Labute approximate surface area is 195 Å². The van der Waals surface area contributed by atoms with E-state index in [1.54, 1.807) is 24.3 Å². The fourth-order valence-electron chi connectivity index (χ4n) is 3.12. The Morgan fingerprint density at radius 1 is 0.971 bits per heavy atom. The zero-order valence-corrected chi connectivity index (χ0v) is 18.9. The number of benzene rings is 2. The summed E-state index contributed by atoms with van der Waals surface area (Å²) in [4.78, 5) is 53.3. The predicted octanol–water partition coefficient (Wildman–Crippen LogP) is 2.52. The molecular formula is C24H23N3O7. The SMILES string of the molecule is CCOc1ccc(-c2cc(=O)n(CC(=O)Nc3cc(C(=O)OC)ccc3C(=O)OC)cn2)cc1. The first-order chi connectivity index (χ1) is 16.4. The molecule has 0 saturated heterocycles. The van der Waals surface area contributed by atoms with Crippen LogP contribution in [0.5, 0.6) is 5.75 Å². The van der Waals surface area contributed by atoms with E-state index in [0.717, 1.165) is 10.1 Å². The summed E-state index contributed by atoms with van der Waals surface area (Å²) < 4.78 is 15.9. The van der Waals surface area contributed by atoms with E-state index in [1.807, 2.05) is 6.92 Å². The third-order valence-electron chi connectivity index (χ3n) is 4.77. The summed E-state index contributed by atoms with van der Waals surface area (Å²) in [5, 5.41) is 2.54. The summed E-state index contributed by atoms with van der Waals surface area (Å²) in [6, 6.07) is 12.5. The number of hydrogen-bond acceptors (Lipinski definition) is 8. The van der Waals surface area contributed by atoms with E-state index in [0.29, 0.717) is 18.1 Å². The highest BCUT2D eigenvalue weighted by atomic mass is 16.5. The summed E-state index contributed by atoms with van der Waals surface area (Å²) in [7, 11) is 2.41. The molecule has 0 bridgehead atoms. The molecule has 0 spiro atoms. The molecule has 1 aromatic heterocycles. The predicted molar refractivity (Wildman–Crippen MR) is 123 cm³/mol. The maximum Gasteiger partial charge on any atom is 0.339 e. The standard InChI is InChI=1S/C24H23N3O7/c1-4-34-17-8-5-15(6-9-17)19-12-22(29)27(14-25-19)13-21(28)26-20-11-16(23(30)32-2)7-10-18(20)24(31)33-3/h5-12,14H,4,13H2,1-3H3,(H,26,28). The van der Waals surface area contributed by atoms with Gasteiger partial charge in [-0.25, -0.2) is 14.6 Å². The van der Waals surface area contributed by atoms with Crippen molar-refractivity contribution in [3.8, 4) is 17.0 Å². The minimum atomic E-state index is -0.703. The fourth-order valence-corrected chi connectivity index (χ4v) is 3.12. The molecule has 34 heavy (non-hydrogen) atoms. The molecule has 3 rings (SSSR count). The van der Waals surface area contributed by atoms with Gasteiger partial charge in [-0.2, -0.15) is 0 Å². The Morgan fingerprint density at radius 2 is 1.68 bits per heavy atom. The van der Waals surface area contributed by atoms with Crippen LogP contribution in [-0.2, 0) is 20.8 Å². The van der Waals surface area contributed by atoms with Crippen LogP contribution in [-0.4, -0.2) is 48.2 Å². The van der Waals surface area contributed by atoms with Gasteiger partial charge in [-0.3, -0.25) is 14.2 Å². The van der Waals surface area contributed by atoms with E-state index in [2.05, 4.69) is 15.0 Å². The van der Waals surface area contributed by atoms with Crippen LogP contribution in [0.15, 0.2) is 59.7 Å². The quantitative estimate of drug-likeness (QED) is 0.503. The van der Waals surface area contributed by atoms with Crippen LogP contribution < -0.4 is 15.6 Å². The number of ether oxygens (including phenoxy) is 3. The van der Waals surface area contributed by atoms with Gasteiger partial charge in [0.15, 0.2) is 0 Å². The number of anilines is 1. The normalized spacial score (nSPS) is 10.3. The average Bonchev–Trinajstić information content (AvgIpc) is 2.85. The van der Waals surface area contributed by atoms with Crippen molar-refractivity contribution in [3.63, 3.8) is 0 Å². The van der Waals surface area contributed by atoms with E-state index in [1.165, 1.54) is 44.8 Å². The molecular weight excluding hydrogens is 442 g/mol. The lowest BCUT2D eigenvalue weighted by Crippen LogP contribution is -2.28. The van der Waals surface area contributed by atoms with Gasteiger partial charge in [0.25, 0.3) is 5.56 Å². The van der Waals surface area contributed by atoms with Crippen LogP contribution in [0.4, 0.5) is 5.69 Å². The number of hydrogen-bond donors (Lipinski definition) is 1. The maximum atomic E-state index is 12.6. The van der Waals surface area contributed by atoms with Gasteiger partial charge < -0.3 is 19.5 Å². The van der Waals surface area contributed by atoms with Crippen molar-refractivity contribution in [3.05, 3.63) is 76.3 Å². The molecule has 0 unspecified atom stereocenters. The summed E-state index contributed by atoms with van der Waals surface area (Å²) in [6.45, 7) is 2.07. The van der Waals surface area contributed by atoms with Gasteiger partial charge in [-0.1, -0.05) is 0 Å². The van der Waals surface area contributed by atoms with Crippen molar-refractivity contribution < 1.29 is 28.6 Å². The van der Waals surface area contributed by atoms with E-state index in [4.69, 9.17) is 9.47 Å². The zero-order chi connectivity index (χ0) is 24.7. The minimum absolute atomic E-state index is 0.0415. The highest BCUT2D eigenvalue weighted by Gasteiger charge is 2.18. The molecule has 0 aliphatic carbocycles. The Balaban J connectivity index is 1.79. The van der Waals surface area contributed by atoms with Gasteiger partial charge in [0.05, 0.1) is 49.7 Å². The summed E-state index contributed by atoms with van der Waals surface area (Å²) >= 11 is 0. The molecule has 1 heterocycles. The van der Waals surface area contributed by atoms with Crippen LogP contribution in [0.2, 0.25) is 0 Å². The van der Waals surface area contributed by atoms with Crippen LogP contribution >= 0.6 is 0 Å². The van der Waals surface area contributed by atoms with E-state index in [-0.39, 0.29) is 23.4 Å². The highest BCUT2D eigenvalue weighted by Crippen LogP contribution is 2.21. The van der Waals surface area contributed by atoms with Gasteiger partial charge in [-0.15, -0.1) is 0 Å². The van der Waals surface area contributed by atoms with Crippen molar-refractivity contribution in [1.29, 1.82) is 0 Å². The van der Waals surface area contributed by atoms with Crippen molar-refractivity contribution in [1.82, 2.24) is 9.55 Å². The van der Waals surface area contributed by atoms with Crippen LogP contribution in [0, 0.1) is 0 Å². The number of carbonyl (C=O) groups is 3. The largest absolute Gasteiger partial charge is 0.494 e. The molecule has 0 radical (unpaired) electrons. The van der Waals surface area contributed by atoms with E-state index >= 15 is 0 Å². The summed E-state index contributed by atoms with van der Waals surface area (Å²) in [5.41, 5.74) is 0.948. The van der Waals surface area contributed by atoms with Gasteiger partial charge in [0, 0.05) is 11.6 Å². The molecule has 1 amide bonds. The zero-order valence-electron chi connectivity index (χ0n) is 18.9. The smallest absolute Gasteiger partial charge is 0.339 e. The number of carbonyl (C=O) groups excluding carboxylic acids is 3. The first-order valence-electron chi connectivity index (χ1n) is 10.3. The number of esters is 2. The lowest BCUT2D eigenvalue weighted by atomic mass is 10.1. The second-order valence-electron chi connectivity index (χ2n) is 6.99. The Bertz CT molecular complexity index is 1270. The molecule has 2 aromatic carbocycles. The molecule has 3 aromatic rings. The van der Waals surface area contributed by atoms with Crippen molar-refractivity contribution in [2.45, 2.75) is 13.5 Å². The van der Waals surface area contributed by atoms with Crippen LogP contribution in [0.1, 0.15) is 27.6 Å². The number of nitrogens with one attached hydrogen (secondary N) is 1. The molecule has 0 fully saturated rings. The lowest BCUT2D eigenvalue weighted by Gasteiger charge is -2.12. The Morgan fingerprint density at radius 3 is 2.29 bits per heavy atom.